The number of halogens is 4. The summed E-state index contributed by atoms with van der Waals surface area (Å²) in [6.07, 6.45) is 0. The molecular weight excluding hydrogens is 399 g/mol. The minimum absolute atomic E-state index is 0.267. The number of rotatable bonds is 5. The molecule has 0 heterocycles. The van der Waals surface area contributed by atoms with Gasteiger partial charge in [-0.3, -0.25) is 10.9 Å². The Morgan fingerprint density at radius 2 is 1.56 bits per heavy atom. The number of anilines is 2. The van der Waals surface area contributed by atoms with Crippen molar-refractivity contribution in [1.82, 2.24) is 5.43 Å². The predicted octanol–water partition coefficient (Wildman–Crippen LogP) is 4.14. The average molecular weight is 410 g/mol. The molecule has 0 atom stereocenters. The number of carbonyl (C=O) groups excluding carboxylic acids is 1. The number of nitrogens with one attached hydrogen (secondary N) is 3. The number of hydrogen-bond donors (Lipinski definition) is 3. The smallest absolute Gasteiger partial charge is 0.307 e. The number of carbonyl (C=O) groups is 1. The van der Waals surface area contributed by atoms with Crippen LogP contribution in [0.1, 0.15) is 0 Å². The molecule has 0 aliphatic carbocycles. The maximum absolute atomic E-state index is 12.4. The molecule has 2 aromatic carbocycles. The third-order valence-electron chi connectivity index (χ3n) is 2.92. The van der Waals surface area contributed by atoms with Crippen LogP contribution in [0, 0.1) is 0 Å². The lowest BCUT2D eigenvalue weighted by atomic mass is 10.3. The normalized spacial score (nSPS) is 11.2. The van der Waals surface area contributed by atoms with Gasteiger partial charge in [0.15, 0.2) is 0 Å². The van der Waals surface area contributed by atoms with Gasteiger partial charge in [-0.1, -0.05) is 23.2 Å². The molecule has 0 spiro atoms. The molecule has 11 heteroatoms. The van der Waals surface area contributed by atoms with Crippen LogP contribution < -0.4 is 16.2 Å². The Kier molecular flexibility index (Phi) is 6.04. The average Bonchev–Trinajstić information content (AvgIpc) is 2.56. The molecule has 0 radical (unpaired) electrons. The largest absolute Gasteiger partial charge is 0.341 e. The zero-order chi connectivity index (χ0) is 18.6. The van der Waals surface area contributed by atoms with Crippen LogP contribution in [0.2, 0.25) is 10.0 Å². The van der Waals surface area contributed by atoms with Crippen molar-refractivity contribution in [3.05, 3.63) is 52.5 Å². The molecule has 3 N–H and O–H groups in total. The molecule has 0 saturated heterocycles. The fraction of sp³-hybridized carbons (Fsp3) is 0.0714. The fourth-order valence-electron chi connectivity index (χ4n) is 1.70. The van der Waals surface area contributed by atoms with Crippen LogP contribution in [0.5, 0.6) is 0 Å². The summed E-state index contributed by atoms with van der Waals surface area (Å²) in [5, 5.41) is 3.08. The van der Waals surface area contributed by atoms with Gasteiger partial charge in [0.25, 0.3) is 0 Å². The van der Waals surface area contributed by atoms with E-state index in [1.54, 1.807) is 0 Å². The number of urea groups is 1. The molecule has 0 fully saturated rings. The van der Waals surface area contributed by atoms with E-state index in [-0.39, 0.29) is 10.7 Å². The monoisotopic (exact) mass is 409 g/mol. The Balaban J connectivity index is 1.94. The highest BCUT2D eigenvalue weighted by atomic mass is 35.5. The zero-order valence-electron chi connectivity index (χ0n) is 12.3. The molecule has 0 unspecified atom stereocenters. The summed E-state index contributed by atoms with van der Waals surface area (Å²) in [6, 6.07) is 8.33. The number of amides is 2. The lowest BCUT2D eigenvalue weighted by Crippen LogP contribution is -2.33. The maximum Gasteiger partial charge on any atom is 0.341 e. The van der Waals surface area contributed by atoms with E-state index in [0.29, 0.717) is 10.7 Å². The number of benzene rings is 2. The first-order valence-electron chi connectivity index (χ1n) is 6.60. The van der Waals surface area contributed by atoms with E-state index < -0.39 is 26.5 Å². The third-order valence-corrected chi connectivity index (χ3v) is 5.05. The highest BCUT2D eigenvalue weighted by Gasteiger charge is 2.26. The summed E-state index contributed by atoms with van der Waals surface area (Å²) in [5.74, 6) is -3.50. The van der Waals surface area contributed by atoms with E-state index in [9.17, 15) is 22.0 Å². The van der Waals surface area contributed by atoms with E-state index in [1.807, 2.05) is 0 Å². The van der Waals surface area contributed by atoms with Crippen molar-refractivity contribution in [3.8, 4) is 0 Å². The summed E-state index contributed by atoms with van der Waals surface area (Å²) < 4.78 is 47.4. The molecule has 0 aliphatic heterocycles. The van der Waals surface area contributed by atoms with Gasteiger partial charge < -0.3 is 5.32 Å². The lowest BCUT2D eigenvalue weighted by Gasteiger charge is -2.11. The van der Waals surface area contributed by atoms with Crippen molar-refractivity contribution in [1.29, 1.82) is 0 Å². The molecule has 25 heavy (non-hydrogen) atoms. The molecule has 2 rings (SSSR count). The van der Waals surface area contributed by atoms with Crippen LogP contribution in [0.3, 0.4) is 0 Å². The van der Waals surface area contributed by atoms with Gasteiger partial charge in [0, 0.05) is 5.69 Å². The molecule has 0 saturated carbocycles. The second kappa shape index (κ2) is 7.85. The summed E-state index contributed by atoms with van der Waals surface area (Å²) >= 11 is 11.6. The Labute approximate surface area is 152 Å². The lowest BCUT2D eigenvalue weighted by molar-refractivity contribution is 0.234. The first-order chi connectivity index (χ1) is 11.7. The topological polar surface area (TPSA) is 87.3 Å². The second-order valence-electron chi connectivity index (χ2n) is 4.66. The number of hydrazine groups is 1. The predicted molar refractivity (Wildman–Crippen MR) is 91.9 cm³/mol. The molecular formula is C14H11Cl2F2N3O3S. The van der Waals surface area contributed by atoms with Crippen molar-refractivity contribution in [2.45, 2.75) is 10.7 Å². The zero-order valence-corrected chi connectivity index (χ0v) is 14.6. The summed E-state index contributed by atoms with van der Waals surface area (Å²) in [6.45, 7) is 0. The van der Waals surface area contributed by atoms with Crippen molar-refractivity contribution >= 4 is 50.4 Å². The highest BCUT2D eigenvalue weighted by molar-refractivity contribution is 7.91. The van der Waals surface area contributed by atoms with Gasteiger partial charge in [-0.05, 0) is 42.5 Å². The van der Waals surface area contributed by atoms with E-state index in [0.717, 1.165) is 12.1 Å². The minimum atomic E-state index is -4.66. The molecule has 6 nitrogen and oxygen atoms in total. The Morgan fingerprint density at radius 3 is 2.12 bits per heavy atom. The fourth-order valence-corrected chi connectivity index (χ4v) is 2.72. The van der Waals surface area contributed by atoms with Crippen LogP contribution in [0.4, 0.5) is 25.0 Å². The van der Waals surface area contributed by atoms with Crippen LogP contribution in [0.15, 0.2) is 47.4 Å². The van der Waals surface area contributed by atoms with Gasteiger partial charge in [-0.15, -0.1) is 0 Å². The van der Waals surface area contributed by atoms with Crippen LogP contribution in [-0.4, -0.2) is 20.2 Å². The molecule has 2 aromatic rings. The summed E-state index contributed by atoms with van der Waals surface area (Å²) in [4.78, 5) is 11.2. The SMILES string of the molecule is O=C(NNc1ccc(S(=O)(=O)C(F)F)cc1)Nc1ccc(Cl)c(Cl)c1. The van der Waals surface area contributed by atoms with Gasteiger partial charge >= 0.3 is 11.8 Å². The summed E-state index contributed by atoms with van der Waals surface area (Å²) in [5.41, 5.74) is 5.47. The first kappa shape index (κ1) is 19.2. The standard InChI is InChI=1S/C14H11Cl2F2N3O3S/c15-11-6-3-9(7-12(11)16)19-14(22)21-20-8-1-4-10(5-2-8)25(23,24)13(17)18/h1-7,13,20H,(H2,19,21,22). The van der Waals surface area contributed by atoms with E-state index >= 15 is 0 Å². The molecule has 0 aliphatic rings. The Morgan fingerprint density at radius 1 is 0.960 bits per heavy atom. The van der Waals surface area contributed by atoms with Gasteiger partial charge in [0.1, 0.15) is 0 Å². The number of sulfone groups is 1. The van der Waals surface area contributed by atoms with E-state index in [1.165, 1.54) is 30.3 Å². The van der Waals surface area contributed by atoms with Crippen molar-refractivity contribution in [3.63, 3.8) is 0 Å². The number of hydrogen-bond acceptors (Lipinski definition) is 4. The molecule has 0 bridgehead atoms. The quantitative estimate of drug-likeness (QED) is 0.647. The first-order valence-corrected chi connectivity index (χ1v) is 8.90. The van der Waals surface area contributed by atoms with E-state index in [2.05, 4.69) is 16.2 Å². The Hall–Kier alpha value is -2.10. The van der Waals surface area contributed by atoms with Gasteiger partial charge in [0.2, 0.25) is 9.84 Å². The maximum atomic E-state index is 12.4. The van der Waals surface area contributed by atoms with Crippen LogP contribution >= 0.6 is 23.2 Å². The van der Waals surface area contributed by atoms with Crippen molar-refractivity contribution in [2.24, 2.45) is 0 Å². The highest BCUT2D eigenvalue weighted by Crippen LogP contribution is 2.25. The molecule has 2 amide bonds. The van der Waals surface area contributed by atoms with Gasteiger partial charge in [-0.25, -0.2) is 13.2 Å². The van der Waals surface area contributed by atoms with Gasteiger partial charge in [-0.2, -0.15) is 8.78 Å². The third kappa shape index (κ3) is 4.94. The summed E-state index contributed by atoms with van der Waals surface area (Å²) in [7, 11) is -4.66. The Bertz CT molecular complexity index is 877. The number of alkyl halides is 2. The van der Waals surface area contributed by atoms with Crippen molar-refractivity contribution in [2.75, 3.05) is 10.7 Å². The van der Waals surface area contributed by atoms with E-state index in [4.69, 9.17) is 23.2 Å². The van der Waals surface area contributed by atoms with Crippen LogP contribution in [0.25, 0.3) is 0 Å². The second-order valence-corrected chi connectivity index (χ2v) is 7.40. The van der Waals surface area contributed by atoms with Gasteiger partial charge in [0.05, 0.1) is 20.6 Å². The van der Waals surface area contributed by atoms with Crippen molar-refractivity contribution < 1.29 is 22.0 Å². The van der Waals surface area contributed by atoms with Crippen LogP contribution in [-0.2, 0) is 9.84 Å². The minimum Gasteiger partial charge on any atom is -0.307 e. The molecule has 0 aromatic heterocycles. The molecule has 134 valence electrons.